The largest absolute Gasteiger partial charge is 0.484 e. The first-order valence-electron chi connectivity index (χ1n) is 7.54. The van der Waals surface area contributed by atoms with Crippen LogP contribution in [0.4, 0.5) is 10.1 Å². The van der Waals surface area contributed by atoms with Crippen LogP contribution >= 0.6 is 0 Å². The van der Waals surface area contributed by atoms with E-state index in [1.165, 1.54) is 18.2 Å². The van der Waals surface area contributed by atoms with Gasteiger partial charge in [-0.3, -0.25) is 4.79 Å². The topological polar surface area (TPSA) is 64.6 Å². The number of nitrogens with one attached hydrogen (secondary N) is 1. The van der Waals surface area contributed by atoms with Gasteiger partial charge < -0.3 is 14.8 Å². The van der Waals surface area contributed by atoms with Crippen molar-refractivity contribution in [3.05, 3.63) is 59.9 Å². The van der Waals surface area contributed by atoms with Gasteiger partial charge in [-0.2, -0.15) is 0 Å². The second kappa shape index (κ2) is 8.67. The van der Waals surface area contributed by atoms with Gasteiger partial charge in [-0.15, -0.1) is 0 Å². The van der Waals surface area contributed by atoms with Crippen LogP contribution in [0.25, 0.3) is 0 Å². The van der Waals surface area contributed by atoms with Gasteiger partial charge in [-0.25, -0.2) is 9.18 Å². The Hall–Kier alpha value is -2.89. The summed E-state index contributed by atoms with van der Waals surface area (Å²) in [5, 5.41) is 2.63. The van der Waals surface area contributed by atoms with E-state index < -0.39 is 11.8 Å². The lowest BCUT2D eigenvalue weighted by atomic mass is 10.2. The second-order valence-corrected chi connectivity index (χ2v) is 5.01. The van der Waals surface area contributed by atoms with E-state index in [2.05, 4.69) is 5.32 Å². The first kappa shape index (κ1) is 17.5. The summed E-state index contributed by atoms with van der Waals surface area (Å²) >= 11 is 0. The Morgan fingerprint density at radius 1 is 1.12 bits per heavy atom. The normalized spacial score (nSPS) is 10.1. The third-order valence-electron chi connectivity index (χ3n) is 3.01. The number of halogens is 1. The molecule has 0 radical (unpaired) electrons. The highest BCUT2D eigenvalue weighted by Crippen LogP contribution is 2.13. The maximum Gasteiger partial charge on any atom is 0.338 e. The molecule has 1 amide bonds. The number of amides is 1. The highest BCUT2D eigenvalue weighted by molar-refractivity contribution is 5.93. The van der Waals surface area contributed by atoms with Crippen molar-refractivity contribution in [2.45, 2.75) is 13.3 Å². The number of rotatable bonds is 7. The summed E-state index contributed by atoms with van der Waals surface area (Å²) in [4.78, 5) is 23.5. The van der Waals surface area contributed by atoms with Crippen molar-refractivity contribution in [2.24, 2.45) is 0 Å². The van der Waals surface area contributed by atoms with Crippen molar-refractivity contribution in [1.82, 2.24) is 0 Å². The van der Waals surface area contributed by atoms with Gasteiger partial charge in [0.2, 0.25) is 0 Å². The molecule has 2 rings (SSSR count). The number of ether oxygens (including phenoxy) is 2. The molecule has 126 valence electrons. The number of benzene rings is 2. The Bertz CT molecular complexity index is 700. The van der Waals surface area contributed by atoms with Gasteiger partial charge in [0.15, 0.2) is 6.61 Å². The molecule has 1 N–H and O–H groups in total. The van der Waals surface area contributed by atoms with E-state index in [1.807, 2.05) is 6.92 Å². The summed E-state index contributed by atoms with van der Waals surface area (Å²) in [6, 6.07) is 11.9. The van der Waals surface area contributed by atoms with Crippen LogP contribution in [-0.2, 0) is 9.53 Å². The summed E-state index contributed by atoms with van der Waals surface area (Å²) in [6.07, 6.45) is 0.755. The van der Waals surface area contributed by atoms with Crippen LogP contribution in [0.5, 0.6) is 5.75 Å². The molecular formula is C18H18FNO4. The monoisotopic (exact) mass is 331 g/mol. The number of hydrogen-bond acceptors (Lipinski definition) is 4. The predicted octanol–water partition coefficient (Wildman–Crippen LogP) is 3.41. The Balaban J connectivity index is 1.84. The highest BCUT2D eigenvalue weighted by atomic mass is 19.1. The fraction of sp³-hybridized carbons (Fsp3) is 0.222. The first-order valence-corrected chi connectivity index (χ1v) is 7.54. The van der Waals surface area contributed by atoms with E-state index in [0.29, 0.717) is 17.9 Å². The number of carbonyl (C=O) groups is 2. The molecule has 0 aliphatic rings. The molecule has 0 saturated carbocycles. The predicted molar refractivity (Wildman–Crippen MR) is 87.5 cm³/mol. The van der Waals surface area contributed by atoms with Crippen molar-refractivity contribution < 1.29 is 23.5 Å². The number of anilines is 1. The van der Waals surface area contributed by atoms with E-state index >= 15 is 0 Å². The smallest absolute Gasteiger partial charge is 0.338 e. The number of esters is 1. The quantitative estimate of drug-likeness (QED) is 0.790. The van der Waals surface area contributed by atoms with Crippen LogP contribution in [0.2, 0.25) is 0 Å². The number of carbonyl (C=O) groups excluding carboxylic acids is 2. The molecule has 0 heterocycles. The van der Waals surface area contributed by atoms with E-state index in [4.69, 9.17) is 9.47 Å². The van der Waals surface area contributed by atoms with Crippen LogP contribution in [0.3, 0.4) is 0 Å². The van der Waals surface area contributed by atoms with Gasteiger partial charge >= 0.3 is 5.97 Å². The van der Waals surface area contributed by atoms with Gasteiger partial charge in [0.1, 0.15) is 11.6 Å². The molecule has 0 atom stereocenters. The average molecular weight is 331 g/mol. The zero-order valence-electron chi connectivity index (χ0n) is 13.3. The third kappa shape index (κ3) is 5.39. The van der Waals surface area contributed by atoms with E-state index in [-0.39, 0.29) is 18.3 Å². The summed E-state index contributed by atoms with van der Waals surface area (Å²) in [5.74, 6) is -0.942. The van der Waals surface area contributed by atoms with Gasteiger partial charge in [0, 0.05) is 11.8 Å². The maximum atomic E-state index is 13.0. The Morgan fingerprint density at radius 3 is 2.54 bits per heavy atom. The molecule has 0 aliphatic carbocycles. The Morgan fingerprint density at radius 2 is 1.88 bits per heavy atom. The fourth-order valence-electron chi connectivity index (χ4n) is 1.87. The molecule has 0 aliphatic heterocycles. The third-order valence-corrected chi connectivity index (χ3v) is 3.01. The molecule has 0 fully saturated rings. The van der Waals surface area contributed by atoms with E-state index in [9.17, 15) is 14.0 Å². The Kier molecular flexibility index (Phi) is 6.31. The van der Waals surface area contributed by atoms with Gasteiger partial charge in [0.05, 0.1) is 12.2 Å². The van der Waals surface area contributed by atoms with Gasteiger partial charge in [0.25, 0.3) is 5.91 Å². The molecule has 2 aromatic rings. The SMILES string of the molecule is CCCOC(=O)c1ccc(NC(=O)COc2cccc(F)c2)cc1. The Labute approximate surface area is 139 Å². The van der Waals surface area contributed by atoms with Gasteiger partial charge in [-0.1, -0.05) is 13.0 Å². The molecule has 0 aromatic heterocycles. The molecule has 0 saturated heterocycles. The molecule has 5 nitrogen and oxygen atoms in total. The maximum absolute atomic E-state index is 13.0. The van der Waals surface area contributed by atoms with Crippen LogP contribution in [0.1, 0.15) is 23.7 Å². The van der Waals surface area contributed by atoms with E-state index in [0.717, 1.165) is 6.42 Å². The van der Waals surface area contributed by atoms with Crippen molar-refractivity contribution in [3.8, 4) is 5.75 Å². The molecule has 2 aromatic carbocycles. The van der Waals surface area contributed by atoms with Crippen molar-refractivity contribution in [1.29, 1.82) is 0 Å². The zero-order valence-corrected chi connectivity index (χ0v) is 13.3. The minimum absolute atomic E-state index is 0.246. The molecule has 0 spiro atoms. The fourth-order valence-corrected chi connectivity index (χ4v) is 1.87. The molecule has 24 heavy (non-hydrogen) atoms. The minimum Gasteiger partial charge on any atom is -0.484 e. The van der Waals surface area contributed by atoms with Gasteiger partial charge in [-0.05, 0) is 42.8 Å². The summed E-state index contributed by atoms with van der Waals surface area (Å²) < 4.78 is 23.2. The van der Waals surface area contributed by atoms with E-state index in [1.54, 1.807) is 30.3 Å². The van der Waals surface area contributed by atoms with Crippen molar-refractivity contribution in [3.63, 3.8) is 0 Å². The second-order valence-electron chi connectivity index (χ2n) is 5.01. The van der Waals surface area contributed by atoms with Crippen LogP contribution < -0.4 is 10.1 Å². The van der Waals surface area contributed by atoms with Crippen LogP contribution in [-0.4, -0.2) is 25.1 Å². The lowest BCUT2D eigenvalue weighted by molar-refractivity contribution is -0.118. The molecule has 6 heteroatoms. The first-order chi connectivity index (χ1) is 11.6. The summed E-state index contributed by atoms with van der Waals surface area (Å²) in [7, 11) is 0. The lowest BCUT2D eigenvalue weighted by Gasteiger charge is -2.08. The standard InChI is InChI=1S/C18H18FNO4/c1-2-10-23-18(22)13-6-8-15(9-7-13)20-17(21)12-24-16-5-3-4-14(19)11-16/h3-9,11H,2,10,12H2,1H3,(H,20,21). The molecule has 0 bridgehead atoms. The highest BCUT2D eigenvalue weighted by Gasteiger charge is 2.08. The van der Waals surface area contributed by atoms with Crippen LogP contribution in [0.15, 0.2) is 48.5 Å². The minimum atomic E-state index is -0.432. The number of hydrogen-bond donors (Lipinski definition) is 1. The molecular weight excluding hydrogens is 313 g/mol. The van der Waals surface area contributed by atoms with Crippen molar-refractivity contribution in [2.75, 3.05) is 18.5 Å². The molecule has 0 unspecified atom stereocenters. The summed E-state index contributed by atoms with van der Waals surface area (Å²) in [6.45, 7) is 2.04. The summed E-state index contributed by atoms with van der Waals surface area (Å²) in [5.41, 5.74) is 0.937. The van der Waals surface area contributed by atoms with Crippen LogP contribution in [0, 0.1) is 5.82 Å². The zero-order chi connectivity index (χ0) is 17.4. The lowest BCUT2D eigenvalue weighted by Crippen LogP contribution is -2.20. The average Bonchev–Trinajstić information content (AvgIpc) is 2.58. The van der Waals surface area contributed by atoms with Crippen molar-refractivity contribution >= 4 is 17.6 Å².